The maximum absolute atomic E-state index is 11.7. The van der Waals surface area contributed by atoms with Crippen molar-refractivity contribution in [1.29, 1.82) is 0 Å². The molecular formula is C21H29NO5. The van der Waals surface area contributed by atoms with Crippen LogP contribution in [-0.2, 0) is 26.3 Å². The number of likely N-dealkylation sites (tertiary alicyclic amines) is 1. The highest BCUT2D eigenvalue weighted by atomic mass is 16.5. The van der Waals surface area contributed by atoms with Gasteiger partial charge in [-0.3, -0.25) is 4.79 Å². The number of aliphatic hydroxyl groups excluding tert-OH is 1. The summed E-state index contributed by atoms with van der Waals surface area (Å²) in [5.41, 5.74) is 2.20. The van der Waals surface area contributed by atoms with Crippen molar-refractivity contribution in [3.63, 3.8) is 0 Å². The maximum atomic E-state index is 11.7. The molecule has 2 saturated heterocycles. The van der Waals surface area contributed by atoms with Crippen LogP contribution in [0.1, 0.15) is 43.2 Å². The summed E-state index contributed by atoms with van der Waals surface area (Å²) in [5.74, 6) is 0.697. The van der Waals surface area contributed by atoms with Gasteiger partial charge in [-0.15, -0.1) is 0 Å². The molecule has 0 aromatic heterocycles. The molecule has 27 heavy (non-hydrogen) atoms. The van der Waals surface area contributed by atoms with Crippen LogP contribution in [0.4, 0.5) is 0 Å². The van der Waals surface area contributed by atoms with Gasteiger partial charge in [0.2, 0.25) is 5.91 Å². The van der Waals surface area contributed by atoms with Crippen molar-refractivity contribution in [2.24, 2.45) is 0 Å². The third-order valence-electron chi connectivity index (χ3n) is 6.09. The smallest absolute Gasteiger partial charge is 0.248 e. The number of piperidine rings is 1. The minimum atomic E-state index is -0.421. The highest BCUT2D eigenvalue weighted by Gasteiger charge is 2.41. The number of ether oxygens (including phenoxy) is 3. The first-order chi connectivity index (χ1) is 13.2. The first kappa shape index (κ1) is 18.7. The lowest BCUT2D eigenvalue weighted by Gasteiger charge is -2.45. The molecule has 148 valence electrons. The molecule has 1 amide bonds. The minimum Gasteiger partial charge on any atom is -0.491 e. The summed E-state index contributed by atoms with van der Waals surface area (Å²) in [5, 5.41) is 9.08. The van der Waals surface area contributed by atoms with Crippen LogP contribution < -0.4 is 4.74 Å². The van der Waals surface area contributed by atoms with Gasteiger partial charge in [0.25, 0.3) is 0 Å². The monoisotopic (exact) mass is 375 g/mol. The van der Waals surface area contributed by atoms with E-state index in [0.717, 1.165) is 44.5 Å². The molecule has 1 N–H and O–H groups in total. The van der Waals surface area contributed by atoms with Crippen LogP contribution in [0.5, 0.6) is 5.75 Å². The lowest BCUT2D eigenvalue weighted by Crippen LogP contribution is -2.49. The lowest BCUT2D eigenvalue weighted by atomic mass is 9.79. The van der Waals surface area contributed by atoms with Crippen LogP contribution in [0.25, 0.3) is 0 Å². The second kappa shape index (κ2) is 8.17. The van der Waals surface area contributed by atoms with Crippen molar-refractivity contribution in [3.8, 4) is 5.75 Å². The molecule has 1 aromatic rings. The fourth-order valence-corrected chi connectivity index (χ4v) is 4.50. The third-order valence-corrected chi connectivity index (χ3v) is 6.09. The Morgan fingerprint density at radius 1 is 1.26 bits per heavy atom. The van der Waals surface area contributed by atoms with E-state index >= 15 is 0 Å². The second-order valence-corrected chi connectivity index (χ2v) is 7.75. The van der Waals surface area contributed by atoms with E-state index in [1.807, 2.05) is 6.07 Å². The zero-order valence-corrected chi connectivity index (χ0v) is 15.8. The van der Waals surface area contributed by atoms with Crippen LogP contribution >= 0.6 is 0 Å². The Morgan fingerprint density at radius 3 is 2.85 bits per heavy atom. The predicted octanol–water partition coefficient (Wildman–Crippen LogP) is 2.02. The Bertz CT molecular complexity index is 663. The first-order valence-electron chi connectivity index (χ1n) is 10.1. The van der Waals surface area contributed by atoms with Gasteiger partial charge in [0.1, 0.15) is 19.0 Å². The highest BCUT2D eigenvalue weighted by Crippen LogP contribution is 2.42. The average Bonchev–Trinajstić information content (AvgIpc) is 2.73. The number of rotatable bonds is 4. The molecule has 4 rings (SSSR count). The van der Waals surface area contributed by atoms with Gasteiger partial charge >= 0.3 is 0 Å². The van der Waals surface area contributed by atoms with E-state index in [-0.39, 0.29) is 17.6 Å². The summed E-state index contributed by atoms with van der Waals surface area (Å²) in [6, 6.07) is 6.31. The molecule has 0 radical (unpaired) electrons. The molecule has 3 aliphatic heterocycles. The van der Waals surface area contributed by atoms with E-state index in [1.165, 1.54) is 17.5 Å². The van der Waals surface area contributed by atoms with Crippen molar-refractivity contribution >= 4 is 5.91 Å². The quantitative estimate of drug-likeness (QED) is 0.872. The molecule has 6 nitrogen and oxygen atoms in total. The molecule has 3 aliphatic rings. The van der Waals surface area contributed by atoms with Crippen molar-refractivity contribution < 1.29 is 24.1 Å². The van der Waals surface area contributed by atoms with E-state index < -0.39 is 6.61 Å². The van der Waals surface area contributed by atoms with E-state index in [1.54, 1.807) is 4.90 Å². The van der Waals surface area contributed by atoms with Gasteiger partial charge in [0.05, 0.1) is 18.3 Å². The van der Waals surface area contributed by atoms with E-state index in [2.05, 4.69) is 12.1 Å². The molecule has 1 spiro atoms. The number of carbonyl (C=O) groups excluding carboxylic acids is 1. The highest BCUT2D eigenvalue weighted by molar-refractivity contribution is 5.77. The van der Waals surface area contributed by atoms with E-state index in [9.17, 15) is 4.79 Å². The number of hydrogen-bond acceptors (Lipinski definition) is 5. The summed E-state index contributed by atoms with van der Waals surface area (Å²) in [6.45, 7) is 2.96. The Balaban J connectivity index is 1.43. The van der Waals surface area contributed by atoms with E-state index in [0.29, 0.717) is 26.3 Å². The third kappa shape index (κ3) is 3.98. The Kier molecular flexibility index (Phi) is 5.66. The largest absolute Gasteiger partial charge is 0.491 e. The molecule has 3 heterocycles. The number of benzene rings is 1. The summed E-state index contributed by atoms with van der Waals surface area (Å²) < 4.78 is 18.0. The van der Waals surface area contributed by atoms with Gasteiger partial charge in [-0.05, 0) is 61.8 Å². The summed E-state index contributed by atoms with van der Waals surface area (Å²) >= 11 is 0. The molecule has 1 atom stereocenters. The number of hydrogen-bond donors (Lipinski definition) is 1. The molecule has 1 unspecified atom stereocenters. The van der Waals surface area contributed by atoms with Crippen molar-refractivity contribution in [2.45, 2.75) is 50.2 Å². The fraction of sp³-hybridized carbons (Fsp3) is 0.667. The van der Waals surface area contributed by atoms with Gasteiger partial charge in [0.15, 0.2) is 0 Å². The normalized spacial score (nSPS) is 24.5. The van der Waals surface area contributed by atoms with Crippen molar-refractivity contribution in [1.82, 2.24) is 4.90 Å². The van der Waals surface area contributed by atoms with Crippen LogP contribution in [0, 0.1) is 0 Å². The number of carbonyl (C=O) groups is 1. The second-order valence-electron chi connectivity index (χ2n) is 7.75. The Labute approximate surface area is 160 Å². The van der Waals surface area contributed by atoms with Crippen molar-refractivity contribution in [3.05, 3.63) is 29.3 Å². The zero-order valence-electron chi connectivity index (χ0n) is 15.8. The van der Waals surface area contributed by atoms with Crippen LogP contribution in [0.2, 0.25) is 0 Å². The molecule has 0 bridgehead atoms. The Morgan fingerprint density at radius 2 is 2.11 bits per heavy atom. The predicted molar refractivity (Wildman–Crippen MR) is 99.8 cm³/mol. The number of nitrogens with zero attached hydrogens (tertiary/aromatic N) is 1. The van der Waals surface area contributed by atoms with Gasteiger partial charge < -0.3 is 24.2 Å². The number of aliphatic hydroxyl groups is 1. The molecule has 1 aromatic carbocycles. The summed E-state index contributed by atoms with van der Waals surface area (Å²) in [7, 11) is 0. The van der Waals surface area contributed by atoms with Crippen LogP contribution in [-0.4, -0.2) is 61.5 Å². The first-order valence-corrected chi connectivity index (χ1v) is 10.1. The standard InChI is InChI=1S/C21H29NO5/c23-14-20(24)22-9-7-21(8-10-22)19-5-4-17(13-16(19)6-12-27-21)26-15-18-3-1-2-11-25-18/h4-5,13,18,23H,1-3,6-12,14-15H2. The van der Waals surface area contributed by atoms with Crippen LogP contribution in [0.15, 0.2) is 18.2 Å². The SMILES string of the molecule is O=C(CO)N1CCC2(CC1)OCCc1cc(OCC3CCCCO3)ccc12. The van der Waals surface area contributed by atoms with Crippen molar-refractivity contribution in [2.75, 3.05) is 39.5 Å². The summed E-state index contributed by atoms with van der Waals surface area (Å²) in [6.07, 6.45) is 6.06. The average molecular weight is 375 g/mol. The van der Waals surface area contributed by atoms with Gasteiger partial charge in [-0.2, -0.15) is 0 Å². The maximum Gasteiger partial charge on any atom is 0.248 e. The molecule has 0 aliphatic carbocycles. The topological polar surface area (TPSA) is 68.2 Å². The molecular weight excluding hydrogens is 346 g/mol. The number of amides is 1. The minimum absolute atomic E-state index is 0.199. The van der Waals surface area contributed by atoms with Gasteiger partial charge in [-0.1, -0.05) is 6.07 Å². The van der Waals surface area contributed by atoms with Gasteiger partial charge in [-0.25, -0.2) is 0 Å². The number of fused-ring (bicyclic) bond motifs is 2. The molecule has 2 fully saturated rings. The van der Waals surface area contributed by atoms with Gasteiger partial charge in [0, 0.05) is 19.7 Å². The lowest BCUT2D eigenvalue weighted by molar-refractivity contribution is -0.143. The zero-order chi connectivity index (χ0) is 18.7. The summed E-state index contributed by atoms with van der Waals surface area (Å²) in [4.78, 5) is 13.5. The van der Waals surface area contributed by atoms with Crippen LogP contribution in [0.3, 0.4) is 0 Å². The molecule has 6 heteroatoms. The van der Waals surface area contributed by atoms with E-state index in [4.69, 9.17) is 19.3 Å². The Hall–Kier alpha value is -1.63. The molecule has 0 saturated carbocycles. The fourth-order valence-electron chi connectivity index (χ4n) is 4.50.